The summed E-state index contributed by atoms with van der Waals surface area (Å²) in [6.07, 6.45) is 1.39. The number of anilines is 2. The fraction of sp³-hybridized carbons (Fsp3) is 0.300. The Hall–Kier alpha value is -2.55. The molecule has 1 aliphatic heterocycles. The number of oxazole rings is 1. The lowest BCUT2D eigenvalue weighted by molar-refractivity contribution is 0.102. The van der Waals surface area contributed by atoms with E-state index in [2.05, 4.69) is 19.3 Å². The van der Waals surface area contributed by atoms with Crippen LogP contribution < -0.4 is 9.62 Å². The zero-order chi connectivity index (χ0) is 19.8. The third-order valence-electron chi connectivity index (χ3n) is 4.03. The van der Waals surface area contributed by atoms with Crippen LogP contribution in [0.5, 0.6) is 0 Å². The lowest BCUT2D eigenvalue weighted by atomic mass is 10.2. The third-order valence-corrected chi connectivity index (χ3v) is 5.00. The van der Waals surface area contributed by atoms with Crippen molar-refractivity contribution in [2.75, 3.05) is 42.4 Å². The van der Waals surface area contributed by atoms with Crippen molar-refractivity contribution >= 4 is 40.3 Å². The SMILES string of the molecule is CCOC.O=C(Nc1ccc2ocnc2c1)c1ccc(N2CCOCS2)cc1. The van der Waals surface area contributed by atoms with Crippen LogP contribution in [-0.4, -0.2) is 43.7 Å². The number of carbonyl (C=O) groups is 1. The van der Waals surface area contributed by atoms with Gasteiger partial charge in [0.05, 0.1) is 13.2 Å². The monoisotopic (exact) mass is 401 g/mol. The summed E-state index contributed by atoms with van der Waals surface area (Å²) in [5, 5.41) is 2.88. The van der Waals surface area contributed by atoms with Gasteiger partial charge in [0, 0.05) is 30.7 Å². The van der Waals surface area contributed by atoms with E-state index in [0.717, 1.165) is 25.4 Å². The molecule has 1 fully saturated rings. The van der Waals surface area contributed by atoms with E-state index < -0.39 is 0 Å². The molecule has 0 atom stereocenters. The molecule has 0 bridgehead atoms. The summed E-state index contributed by atoms with van der Waals surface area (Å²) < 4.78 is 17.2. The minimum atomic E-state index is -0.154. The molecule has 0 unspecified atom stereocenters. The lowest BCUT2D eigenvalue weighted by Crippen LogP contribution is -2.26. The van der Waals surface area contributed by atoms with Gasteiger partial charge in [0.15, 0.2) is 12.0 Å². The molecule has 1 saturated heterocycles. The van der Waals surface area contributed by atoms with Gasteiger partial charge in [0.2, 0.25) is 0 Å². The summed E-state index contributed by atoms with van der Waals surface area (Å²) in [6.45, 7) is 4.34. The smallest absolute Gasteiger partial charge is 0.255 e. The maximum atomic E-state index is 12.4. The summed E-state index contributed by atoms with van der Waals surface area (Å²) in [5.74, 6) is 0.506. The standard InChI is InChI=1S/C17H15N3O3S.C3H8O/c21-17(19-13-3-6-16-15(9-13)18-10-23-16)12-1-4-14(5-2-12)20-7-8-22-11-24-20;1-3-4-2/h1-6,9-10H,7-8,11H2,(H,19,21);3H2,1-2H3. The summed E-state index contributed by atoms with van der Waals surface area (Å²) in [6, 6.07) is 12.9. The molecule has 2 heterocycles. The molecule has 148 valence electrons. The summed E-state index contributed by atoms with van der Waals surface area (Å²) in [5.41, 5.74) is 3.78. The number of aromatic nitrogens is 1. The first-order valence-corrected chi connectivity index (χ1v) is 9.87. The fourth-order valence-electron chi connectivity index (χ4n) is 2.49. The highest BCUT2D eigenvalue weighted by molar-refractivity contribution is 8.00. The van der Waals surface area contributed by atoms with Gasteiger partial charge in [-0.25, -0.2) is 4.98 Å². The first-order valence-electron chi connectivity index (χ1n) is 8.93. The Balaban J connectivity index is 0.000000516. The molecule has 7 nitrogen and oxygen atoms in total. The highest BCUT2D eigenvalue weighted by Gasteiger charge is 2.13. The number of amides is 1. The number of ether oxygens (including phenoxy) is 2. The molecule has 28 heavy (non-hydrogen) atoms. The molecule has 0 aliphatic carbocycles. The zero-order valence-electron chi connectivity index (χ0n) is 15.9. The van der Waals surface area contributed by atoms with Crippen molar-refractivity contribution in [3.05, 3.63) is 54.4 Å². The minimum Gasteiger partial charge on any atom is -0.443 e. The second kappa shape index (κ2) is 10.1. The number of benzene rings is 2. The maximum Gasteiger partial charge on any atom is 0.255 e. The van der Waals surface area contributed by atoms with Gasteiger partial charge < -0.3 is 23.5 Å². The van der Waals surface area contributed by atoms with Gasteiger partial charge in [-0.05, 0) is 61.3 Å². The van der Waals surface area contributed by atoms with Crippen LogP contribution >= 0.6 is 11.9 Å². The van der Waals surface area contributed by atoms with Gasteiger partial charge in [-0.15, -0.1) is 0 Å². The number of hydrogen-bond donors (Lipinski definition) is 1. The Kier molecular flexibility index (Phi) is 7.30. The number of rotatable bonds is 4. The van der Waals surface area contributed by atoms with Gasteiger partial charge in [0.25, 0.3) is 5.91 Å². The van der Waals surface area contributed by atoms with Crippen molar-refractivity contribution in [3.8, 4) is 0 Å². The van der Waals surface area contributed by atoms with Gasteiger partial charge in [-0.2, -0.15) is 0 Å². The molecule has 1 amide bonds. The fourth-order valence-corrected chi connectivity index (χ4v) is 3.29. The van der Waals surface area contributed by atoms with E-state index in [1.807, 2.05) is 31.2 Å². The maximum absolute atomic E-state index is 12.4. The predicted octanol–water partition coefficient (Wildman–Crippen LogP) is 4.18. The van der Waals surface area contributed by atoms with E-state index in [0.29, 0.717) is 28.3 Å². The summed E-state index contributed by atoms with van der Waals surface area (Å²) in [7, 11) is 1.68. The Labute approximate surface area is 168 Å². The number of fused-ring (bicyclic) bond motifs is 1. The first-order chi connectivity index (χ1) is 13.7. The quantitative estimate of drug-likeness (QED) is 0.657. The van der Waals surface area contributed by atoms with E-state index in [9.17, 15) is 4.79 Å². The average Bonchev–Trinajstić information content (AvgIpc) is 3.22. The molecule has 8 heteroatoms. The molecule has 1 aromatic heterocycles. The molecule has 0 radical (unpaired) electrons. The molecule has 0 saturated carbocycles. The van der Waals surface area contributed by atoms with E-state index in [1.165, 1.54) is 6.39 Å². The number of methoxy groups -OCH3 is 1. The van der Waals surface area contributed by atoms with Gasteiger partial charge in [0.1, 0.15) is 11.5 Å². The second-order valence-corrected chi connectivity index (χ2v) is 6.81. The van der Waals surface area contributed by atoms with Crippen LogP contribution in [0.25, 0.3) is 11.1 Å². The Morgan fingerprint density at radius 1 is 1.29 bits per heavy atom. The van der Waals surface area contributed by atoms with Crippen LogP contribution in [0.3, 0.4) is 0 Å². The molecule has 0 spiro atoms. The number of nitrogens with one attached hydrogen (secondary N) is 1. The molecule has 1 aliphatic rings. The zero-order valence-corrected chi connectivity index (χ0v) is 16.7. The van der Waals surface area contributed by atoms with Crippen molar-refractivity contribution in [1.29, 1.82) is 0 Å². The number of hydrogen-bond acceptors (Lipinski definition) is 7. The molecular weight excluding hydrogens is 378 g/mol. The van der Waals surface area contributed by atoms with E-state index in [4.69, 9.17) is 9.15 Å². The van der Waals surface area contributed by atoms with Gasteiger partial charge in [-0.1, -0.05) is 0 Å². The summed E-state index contributed by atoms with van der Waals surface area (Å²) in [4.78, 5) is 16.5. The summed E-state index contributed by atoms with van der Waals surface area (Å²) >= 11 is 1.63. The van der Waals surface area contributed by atoms with Crippen LogP contribution in [0.15, 0.2) is 53.3 Å². The first kappa shape index (κ1) is 20.2. The van der Waals surface area contributed by atoms with Gasteiger partial charge >= 0.3 is 0 Å². The number of carbonyl (C=O) groups excluding carboxylic acids is 1. The van der Waals surface area contributed by atoms with Crippen LogP contribution in [0.2, 0.25) is 0 Å². The second-order valence-electron chi connectivity index (χ2n) is 5.87. The van der Waals surface area contributed by atoms with Crippen LogP contribution in [0, 0.1) is 0 Å². The molecule has 4 rings (SSSR count). The number of nitrogens with zero attached hydrogens (tertiary/aromatic N) is 2. The average molecular weight is 401 g/mol. The highest BCUT2D eigenvalue weighted by atomic mass is 32.2. The Morgan fingerprint density at radius 3 is 2.75 bits per heavy atom. The largest absolute Gasteiger partial charge is 0.443 e. The highest BCUT2D eigenvalue weighted by Crippen LogP contribution is 2.25. The molecule has 3 aromatic rings. The van der Waals surface area contributed by atoms with E-state index >= 15 is 0 Å². The van der Waals surface area contributed by atoms with Crippen molar-refractivity contribution in [1.82, 2.24) is 4.98 Å². The van der Waals surface area contributed by atoms with Crippen molar-refractivity contribution < 1.29 is 18.7 Å². The van der Waals surface area contributed by atoms with Crippen LogP contribution in [0.4, 0.5) is 11.4 Å². The van der Waals surface area contributed by atoms with Crippen LogP contribution in [0.1, 0.15) is 17.3 Å². The molecule has 1 N–H and O–H groups in total. The predicted molar refractivity (Wildman–Crippen MR) is 112 cm³/mol. The molecular formula is C20H23N3O4S. The van der Waals surface area contributed by atoms with E-state index in [1.54, 1.807) is 37.3 Å². The van der Waals surface area contributed by atoms with Crippen LogP contribution in [-0.2, 0) is 9.47 Å². The van der Waals surface area contributed by atoms with E-state index in [-0.39, 0.29) is 5.91 Å². The van der Waals surface area contributed by atoms with Crippen molar-refractivity contribution in [3.63, 3.8) is 0 Å². The van der Waals surface area contributed by atoms with Crippen molar-refractivity contribution in [2.45, 2.75) is 6.92 Å². The Morgan fingerprint density at radius 2 is 2.07 bits per heavy atom. The minimum absolute atomic E-state index is 0.154. The topological polar surface area (TPSA) is 76.8 Å². The normalized spacial score (nSPS) is 13.7. The third kappa shape index (κ3) is 5.25. The molecule has 2 aromatic carbocycles. The van der Waals surface area contributed by atoms with Gasteiger partial charge in [-0.3, -0.25) is 4.79 Å². The lowest BCUT2D eigenvalue weighted by Gasteiger charge is -2.27. The Bertz CT molecular complexity index is 890. The van der Waals surface area contributed by atoms with Crippen molar-refractivity contribution in [2.24, 2.45) is 0 Å².